The highest BCUT2D eigenvalue weighted by molar-refractivity contribution is 9.28. The van der Waals surface area contributed by atoms with Gasteiger partial charge in [-0.3, -0.25) is 13.8 Å². The van der Waals surface area contributed by atoms with E-state index in [0.717, 1.165) is 3.39 Å². The van der Waals surface area contributed by atoms with Gasteiger partial charge in [0.2, 0.25) is 6.10 Å². The monoisotopic (exact) mass is 905 g/mol. The van der Waals surface area contributed by atoms with E-state index < -0.39 is 13.9 Å². The van der Waals surface area contributed by atoms with Crippen LogP contribution in [0.2, 0.25) is 10.0 Å². The van der Waals surface area contributed by atoms with Crippen molar-refractivity contribution in [2.45, 2.75) is 33.8 Å². The van der Waals surface area contributed by atoms with Gasteiger partial charge in [0.1, 0.15) is 23.3 Å². The number of phosphoric acid groups is 1. The first-order chi connectivity index (χ1) is 22.8. The molecule has 0 radical (unpaired) electrons. The van der Waals surface area contributed by atoms with Crippen molar-refractivity contribution in [3.63, 3.8) is 0 Å². The Morgan fingerprint density at radius 3 is 2.21 bits per heavy atom. The lowest BCUT2D eigenvalue weighted by atomic mass is 10.1. The molecule has 48 heavy (non-hydrogen) atoms. The van der Waals surface area contributed by atoms with Crippen LogP contribution in [0.1, 0.15) is 44.9 Å². The molecule has 3 aromatic carbocycles. The Labute approximate surface area is 316 Å². The maximum atomic E-state index is 12.7. The number of nitrogens with zero attached hydrogens (tertiary/aromatic N) is 1. The van der Waals surface area contributed by atoms with Gasteiger partial charge in [-0.25, -0.2) is 4.57 Å². The highest BCUT2D eigenvalue weighted by atomic mass is 79.9. The lowest BCUT2D eigenvalue weighted by Gasteiger charge is -2.19. The molecular formula is C34H33Br3Cl2NO7P. The van der Waals surface area contributed by atoms with Crippen LogP contribution in [0.5, 0.6) is 11.5 Å². The molecule has 0 saturated heterocycles. The molecule has 0 amide bonds. The number of carbonyl (C=O) groups is 1. The molecule has 0 spiro atoms. The summed E-state index contributed by atoms with van der Waals surface area (Å²) < 4.78 is 40.0. The first kappa shape index (κ1) is 40.3. The second kappa shape index (κ2) is 18.7. The van der Waals surface area contributed by atoms with Crippen LogP contribution in [-0.2, 0) is 27.7 Å². The van der Waals surface area contributed by atoms with Crippen LogP contribution in [0, 0.1) is 28.6 Å². The number of benzene rings is 3. The minimum absolute atomic E-state index is 0.0563. The predicted octanol–water partition coefficient (Wildman–Crippen LogP) is 12.4. The topological polar surface area (TPSA) is 104 Å². The molecule has 1 fully saturated rings. The number of hydrogen-bond donors (Lipinski definition) is 0. The van der Waals surface area contributed by atoms with Crippen molar-refractivity contribution in [3.8, 4) is 17.6 Å². The number of halogens is 5. The van der Waals surface area contributed by atoms with Gasteiger partial charge in [0, 0.05) is 21.1 Å². The fraction of sp³-hybridized carbons (Fsp3) is 0.294. The molecular weight excluding hydrogens is 876 g/mol. The Bertz CT molecular complexity index is 1700. The van der Waals surface area contributed by atoms with Crippen molar-refractivity contribution in [1.29, 1.82) is 5.26 Å². The van der Waals surface area contributed by atoms with Crippen LogP contribution in [0.15, 0.2) is 87.2 Å². The molecule has 1 saturated carbocycles. The van der Waals surface area contributed by atoms with Gasteiger partial charge in [-0.05, 0) is 99.5 Å². The van der Waals surface area contributed by atoms with E-state index >= 15 is 0 Å². The molecule has 3 atom stereocenters. The number of rotatable bonds is 13. The molecule has 0 heterocycles. The number of hydrogen-bond acceptors (Lipinski definition) is 8. The van der Waals surface area contributed by atoms with Crippen molar-refractivity contribution in [3.05, 3.63) is 108 Å². The Hall–Kier alpha value is -2.13. The maximum Gasteiger partial charge on any atom is 0.530 e. The molecule has 8 nitrogen and oxygen atoms in total. The summed E-state index contributed by atoms with van der Waals surface area (Å²) in [5.74, 6) is 0.916. The zero-order valence-electron chi connectivity index (χ0n) is 26.4. The smallest absolute Gasteiger partial charge is 0.457 e. The van der Waals surface area contributed by atoms with E-state index in [1.54, 1.807) is 56.3 Å². The first-order valence-electron chi connectivity index (χ1n) is 14.6. The third kappa shape index (κ3) is 11.5. The van der Waals surface area contributed by atoms with E-state index in [0.29, 0.717) is 32.7 Å². The number of allylic oxidation sites excluding steroid dienone is 1. The van der Waals surface area contributed by atoms with Crippen molar-refractivity contribution >= 4 is 90.5 Å². The minimum Gasteiger partial charge on any atom is -0.457 e. The van der Waals surface area contributed by atoms with Gasteiger partial charge in [0.15, 0.2) is 0 Å². The normalized spacial score (nSPS) is 17.1. The van der Waals surface area contributed by atoms with Crippen molar-refractivity contribution in [2.75, 3.05) is 13.2 Å². The quantitative estimate of drug-likeness (QED) is 0.0949. The van der Waals surface area contributed by atoms with E-state index in [-0.39, 0.29) is 42.2 Å². The van der Waals surface area contributed by atoms with Crippen LogP contribution < -0.4 is 4.74 Å². The van der Waals surface area contributed by atoms with Crippen molar-refractivity contribution in [2.24, 2.45) is 17.3 Å². The second-order valence-electron chi connectivity index (χ2n) is 10.7. The standard InChI is InChI=1S/C22H19Br2NO3.C12H14BrCl2O4P/c1-22(2)17(12-19(23)24)20(22)21(26)28-18(13-25)14-7-6-10-16(11-14)27-15-8-4-3-5-9-15;1-3-17-20(16,18-4-2)19-12(8-13)10-6-5-9(14)7-11(10)15/h3-12,17-18,20H,1-2H3;5-8H,3-4H2,1-2H3/b;12-8+/t17-,18+,20-;/m0./s1. The van der Waals surface area contributed by atoms with Gasteiger partial charge in [-0.15, -0.1) is 0 Å². The van der Waals surface area contributed by atoms with E-state index in [1.807, 2.05) is 50.3 Å². The average Bonchev–Trinajstić information content (AvgIpc) is 3.58. The van der Waals surface area contributed by atoms with Gasteiger partial charge < -0.3 is 14.0 Å². The Kier molecular flexibility index (Phi) is 15.7. The summed E-state index contributed by atoms with van der Waals surface area (Å²) in [7, 11) is -3.68. The highest BCUT2D eigenvalue weighted by Gasteiger charge is 2.61. The predicted molar refractivity (Wildman–Crippen MR) is 199 cm³/mol. The van der Waals surface area contributed by atoms with Crippen LogP contribution in [-0.4, -0.2) is 19.2 Å². The molecule has 4 rings (SSSR count). The largest absolute Gasteiger partial charge is 0.530 e. The fourth-order valence-corrected chi connectivity index (χ4v) is 7.40. The maximum absolute atomic E-state index is 12.7. The summed E-state index contributed by atoms with van der Waals surface area (Å²) in [5, 5.41) is 10.4. The van der Waals surface area contributed by atoms with E-state index in [4.69, 9.17) is 46.2 Å². The SMILES string of the molecule is CC1(C)[C@H](C(=O)O[C@H](C#N)c2cccc(Oc3ccccc3)c2)[C@@H]1C=C(Br)Br.CCOP(=O)(OCC)O/C(=C/Br)c1ccc(Cl)cc1Cl. The van der Waals surface area contributed by atoms with Crippen LogP contribution in [0.25, 0.3) is 5.76 Å². The van der Waals surface area contributed by atoms with Crippen LogP contribution >= 0.6 is 78.8 Å². The molecule has 0 aromatic heterocycles. The van der Waals surface area contributed by atoms with Gasteiger partial charge in [0.05, 0.1) is 27.5 Å². The van der Waals surface area contributed by atoms with E-state index in [9.17, 15) is 14.6 Å². The van der Waals surface area contributed by atoms with Crippen molar-refractivity contribution in [1.82, 2.24) is 0 Å². The Morgan fingerprint density at radius 2 is 1.65 bits per heavy atom. The first-order valence-corrected chi connectivity index (χ1v) is 19.3. The lowest BCUT2D eigenvalue weighted by molar-refractivity contribution is -0.149. The Morgan fingerprint density at radius 1 is 1.00 bits per heavy atom. The third-order valence-electron chi connectivity index (χ3n) is 7.04. The minimum atomic E-state index is -3.68. The molecule has 0 N–H and O–H groups in total. The fourth-order valence-electron chi connectivity index (χ4n) is 4.64. The number of esters is 1. The molecule has 0 bridgehead atoms. The van der Waals surface area contributed by atoms with Crippen LogP contribution in [0.4, 0.5) is 0 Å². The zero-order valence-corrected chi connectivity index (χ0v) is 33.5. The van der Waals surface area contributed by atoms with Crippen molar-refractivity contribution < 1.29 is 32.4 Å². The summed E-state index contributed by atoms with van der Waals surface area (Å²) in [6, 6.07) is 23.3. The number of nitriles is 1. The summed E-state index contributed by atoms with van der Waals surface area (Å²) in [4.78, 5) is 14.1. The summed E-state index contributed by atoms with van der Waals surface area (Å²) in [6.45, 7) is 7.81. The molecule has 1 aliphatic carbocycles. The molecule has 0 unspecified atom stereocenters. The third-order valence-corrected chi connectivity index (χ3v) is 10.1. The van der Waals surface area contributed by atoms with Gasteiger partial charge in [-0.2, -0.15) is 5.26 Å². The van der Waals surface area contributed by atoms with E-state index in [1.165, 1.54) is 4.99 Å². The van der Waals surface area contributed by atoms with Crippen LogP contribution in [0.3, 0.4) is 0 Å². The number of phosphoric ester groups is 1. The number of carbonyl (C=O) groups excluding carboxylic acids is 1. The highest BCUT2D eigenvalue weighted by Crippen LogP contribution is 2.60. The van der Waals surface area contributed by atoms with Gasteiger partial charge >= 0.3 is 13.8 Å². The zero-order chi connectivity index (χ0) is 35.5. The molecule has 256 valence electrons. The molecule has 0 aliphatic heterocycles. The van der Waals surface area contributed by atoms with Gasteiger partial charge in [-0.1, -0.05) is 89.4 Å². The molecule has 1 aliphatic rings. The van der Waals surface area contributed by atoms with Gasteiger partial charge in [0.25, 0.3) is 0 Å². The average molecular weight is 909 g/mol. The number of ether oxygens (including phenoxy) is 2. The summed E-state index contributed by atoms with van der Waals surface area (Å²) in [6.07, 6.45) is 0.960. The molecule has 14 heteroatoms. The summed E-state index contributed by atoms with van der Waals surface area (Å²) >= 11 is 21.8. The van der Waals surface area contributed by atoms with E-state index in [2.05, 4.69) is 53.9 Å². The number of para-hydroxylation sites is 1. The lowest BCUT2D eigenvalue weighted by Crippen LogP contribution is -2.14. The second-order valence-corrected chi connectivity index (χ2v) is 16.4. The Balaban J connectivity index is 0.000000277. The summed E-state index contributed by atoms with van der Waals surface area (Å²) in [5.41, 5.74) is 0.895. The molecule has 3 aromatic rings.